The molecule has 0 aromatic heterocycles. The Morgan fingerprint density at radius 3 is 2.03 bits per heavy atom. The van der Waals surface area contributed by atoms with Gasteiger partial charge in [-0.3, -0.25) is 29.4 Å². The Bertz CT molecular complexity index is 987. The molecule has 1 aliphatic heterocycles. The lowest BCUT2D eigenvalue weighted by molar-refractivity contribution is -0.140. The molecular formula is C25H29N3O5. The summed E-state index contributed by atoms with van der Waals surface area (Å²) in [5, 5.41) is 15.5. The van der Waals surface area contributed by atoms with Crippen LogP contribution in [0.1, 0.15) is 53.0 Å². The molecule has 8 nitrogen and oxygen atoms in total. The highest BCUT2D eigenvalue weighted by atomic mass is 16.4. The molecule has 8 heteroatoms. The molecule has 3 rings (SSSR count). The molecule has 3 amide bonds. The topological polar surface area (TPSA) is 116 Å². The summed E-state index contributed by atoms with van der Waals surface area (Å²) in [7, 11) is 0. The molecule has 33 heavy (non-hydrogen) atoms. The summed E-state index contributed by atoms with van der Waals surface area (Å²) in [5.41, 5.74) is 1.58. The molecule has 2 aromatic rings. The first-order valence-corrected chi connectivity index (χ1v) is 11.0. The minimum absolute atomic E-state index is 0.0125. The number of carbonyl (C=O) groups is 4. The van der Waals surface area contributed by atoms with Gasteiger partial charge in [0.05, 0.1) is 17.2 Å². The SMILES string of the molecule is CC(C)C[C@H](NC(CCN1C(=O)c2ccccc2C1=O)C(=O)O)C(=O)NCc1ccccc1. The van der Waals surface area contributed by atoms with Crippen molar-refractivity contribution in [1.82, 2.24) is 15.5 Å². The number of carboxylic acid groups (broad SMARTS) is 1. The molecule has 0 radical (unpaired) electrons. The first-order chi connectivity index (χ1) is 15.8. The number of aliphatic carboxylic acids is 1. The Morgan fingerprint density at radius 2 is 1.48 bits per heavy atom. The van der Waals surface area contributed by atoms with E-state index in [1.807, 2.05) is 44.2 Å². The minimum Gasteiger partial charge on any atom is -0.480 e. The summed E-state index contributed by atoms with van der Waals surface area (Å²) in [6, 6.07) is 14.1. The smallest absolute Gasteiger partial charge is 0.320 e. The van der Waals surface area contributed by atoms with Crippen molar-refractivity contribution in [2.24, 2.45) is 5.92 Å². The van der Waals surface area contributed by atoms with E-state index in [0.29, 0.717) is 24.1 Å². The van der Waals surface area contributed by atoms with E-state index in [9.17, 15) is 24.3 Å². The molecule has 2 aromatic carbocycles. The molecule has 3 N–H and O–H groups in total. The minimum atomic E-state index is -1.14. The summed E-state index contributed by atoms with van der Waals surface area (Å²) in [6.45, 7) is 4.18. The number of carbonyl (C=O) groups excluding carboxylic acids is 3. The second-order valence-corrected chi connectivity index (χ2v) is 8.54. The second-order valence-electron chi connectivity index (χ2n) is 8.54. The molecule has 2 atom stereocenters. The van der Waals surface area contributed by atoms with Gasteiger partial charge in [0.25, 0.3) is 11.8 Å². The van der Waals surface area contributed by atoms with Crippen LogP contribution in [0.3, 0.4) is 0 Å². The van der Waals surface area contributed by atoms with E-state index < -0.39 is 29.9 Å². The summed E-state index contributed by atoms with van der Waals surface area (Å²) in [4.78, 5) is 50.9. The molecule has 174 valence electrons. The Labute approximate surface area is 193 Å². The van der Waals surface area contributed by atoms with Crippen molar-refractivity contribution in [3.05, 3.63) is 71.3 Å². The number of nitrogens with zero attached hydrogens (tertiary/aromatic N) is 1. The molecular weight excluding hydrogens is 422 g/mol. The van der Waals surface area contributed by atoms with Crippen molar-refractivity contribution in [1.29, 1.82) is 0 Å². The van der Waals surface area contributed by atoms with Crippen LogP contribution >= 0.6 is 0 Å². The highest BCUT2D eigenvalue weighted by molar-refractivity contribution is 6.21. The van der Waals surface area contributed by atoms with Gasteiger partial charge in [-0.05, 0) is 36.5 Å². The fourth-order valence-electron chi connectivity index (χ4n) is 3.85. The van der Waals surface area contributed by atoms with Gasteiger partial charge in [0, 0.05) is 13.1 Å². The summed E-state index contributed by atoms with van der Waals surface area (Å²) < 4.78 is 0. The number of nitrogens with one attached hydrogen (secondary N) is 2. The molecule has 0 spiro atoms. The van der Waals surface area contributed by atoms with Crippen LogP contribution in [0.2, 0.25) is 0 Å². The third-order valence-electron chi connectivity index (χ3n) is 5.55. The summed E-state index contributed by atoms with van der Waals surface area (Å²) in [6.07, 6.45) is 0.429. The van der Waals surface area contributed by atoms with E-state index >= 15 is 0 Å². The average molecular weight is 452 g/mol. The van der Waals surface area contributed by atoms with Crippen molar-refractivity contribution < 1.29 is 24.3 Å². The number of carboxylic acids is 1. The average Bonchev–Trinajstić information content (AvgIpc) is 3.04. The number of benzene rings is 2. The van der Waals surface area contributed by atoms with E-state index in [2.05, 4.69) is 10.6 Å². The molecule has 0 saturated heterocycles. The second kappa shape index (κ2) is 10.9. The van der Waals surface area contributed by atoms with Gasteiger partial charge < -0.3 is 10.4 Å². The Balaban J connectivity index is 1.64. The van der Waals surface area contributed by atoms with Crippen LogP contribution in [0.5, 0.6) is 0 Å². The highest BCUT2D eigenvalue weighted by Crippen LogP contribution is 2.22. The van der Waals surface area contributed by atoms with E-state index in [1.54, 1.807) is 24.3 Å². The van der Waals surface area contributed by atoms with Crippen LogP contribution in [0.15, 0.2) is 54.6 Å². The van der Waals surface area contributed by atoms with E-state index in [4.69, 9.17) is 0 Å². The maximum absolute atomic E-state index is 12.8. The number of imide groups is 1. The first-order valence-electron chi connectivity index (χ1n) is 11.0. The predicted molar refractivity (Wildman–Crippen MR) is 123 cm³/mol. The number of rotatable bonds is 11. The van der Waals surface area contributed by atoms with Crippen molar-refractivity contribution in [2.45, 2.75) is 45.3 Å². The largest absolute Gasteiger partial charge is 0.480 e. The van der Waals surface area contributed by atoms with Crippen molar-refractivity contribution in [2.75, 3.05) is 6.54 Å². The number of fused-ring (bicyclic) bond motifs is 1. The monoisotopic (exact) mass is 451 g/mol. The van der Waals surface area contributed by atoms with E-state index in [-0.39, 0.29) is 24.8 Å². The fourth-order valence-corrected chi connectivity index (χ4v) is 3.85. The van der Waals surface area contributed by atoms with E-state index in [0.717, 1.165) is 10.5 Å². The normalized spacial score (nSPS) is 14.8. The van der Waals surface area contributed by atoms with Gasteiger partial charge in [-0.2, -0.15) is 0 Å². The summed E-state index contributed by atoms with van der Waals surface area (Å²) in [5.74, 6) is -2.15. The fraction of sp³-hybridized carbons (Fsp3) is 0.360. The van der Waals surface area contributed by atoms with Gasteiger partial charge >= 0.3 is 5.97 Å². The van der Waals surface area contributed by atoms with Gasteiger partial charge in [0.15, 0.2) is 0 Å². The zero-order valence-corrected chi connectivity index (χ0v) is 18.8. The number of amides is 3. The van der Waals surface area contributed by atoms with E-state index in [1.165, 1.54) is 0 Å². The lowest BCUT2D eigenvalue weighted by Crippen LogP contribution is -2.52. The Kier molecular flexibility index (Phi) is 7.95. The predicted octanol–water partition coefficient (Wildman–Crippen LogP) is 2.45. The van der Waals surface area contributed by atoms with Crippen molar-refractivity contribution >= 4 is 23.7 Å². The van der Waals surface area contributed by atoms with Gasteiger partial charge in [0.1, 0.15) is 6.04 Å². The highest BCUT2D eigenvalue weighted by Gasteiger charge is 2.36. The molecule has 0 fully saturated rings. The third kappa shape index (κ3) is 6.04. The number of hydrogen-bond donors (Lipinski definition) is 3. The molecule has 1 aliphatic rings. The van der Waals surface area contributed by atoms with Gasteiger partial charge in [-0.25, -0.2) is 0 Å². The number of hydrogen-bond acceptors (Lipinski definition) is 5. The molecule has 0 saturated carbocycles. The van der Waals surface area contributed by atoms with Crippen LogP contribution in [-0.4, -0.2) is 52.3 Å². The van der Waals surface area contributed by atoms with Crippen LogP contribution < -0.4 is 10.6 Å². The molecule has 1 heterocycles. The molecule has 1 unspecified atom stereocenters. The van der Waals surface area contributed by atoms with Gasteiger partial charge in [-0.15, -0.1) is 0 Å². The first kappa shape index (κ1) is 24.1. The van der Waals surface area contributed by atoms with Crippen molar-refractivity contribution in [3.63, 3.8) is 0 Å². The van der Waals surface area contributed by atoms with Crippen molar-refractivity contribution in [3.8, 4) is 0 Å². The Hall–Kier alpha value is -3.52. The van der Waals surface area contributed by atoms with Crippen LogP contribution in [0.4, 0.5) is 0 Å². The zero-order chi connectivity index (χ0) is 24.0. The maximum atomic E-state index is 12.8. The quantitative estimate of drug-likeness (QED) is 0.452. The maximum Gasteiger partial charge on any atom is 0.320 e. The van der Waals surface area contributed by atoms with Crippen LogP contribution in [0, 0.1) is 5.92 Å². The summed E-state index contributed by atoms with van der Waals surface area (Å²) >= 11 is 0. The Morgan fingerprint density at radius 1 is 0.909 bits per heavy atom. The van der Waals surface area contributed by atoms with Crippen LogP contribution in [0.25, 0.3) is 0 Å². The molecule has 0 aliphatic carbocycles. The van der Waals surface area contributed by atoms with Gasteiger partial charge in [-0.1, -0.05) is 56.3 Å². The lowest BCUT2D eigenvalue weighted by Gasteiger charge is -2.25. The lowest BCUT2D eigenvalue weighted by atomic mass is 10.0. The molecule has 0 bridgehead atoms. The van der Waals surface area contributed by atoms with Gasteiger partial charge in [0.2, 0.25) is 5.91 Å². The van der Waals surface area contributed by atoms with Crippen LogP contribution in [-0.2, 0) is 16.1 Å². The third-order valence-corrected chi connectivity index (χ3v) is 5.55. The zero-order valence-electron chi connectivity index (χ0n) is 18.8. The standard InChI is InChI=1S/C25H29N3O5/c1-16(2)14-21(22(29)26-15-17-8-4-3-5-9-17)27-20(25(32)33)12-13-28-23(30)18-10-6-7-11-19(18)24(28)31/h3-11,16,20-21,27H,12-15H2,1-2H3,(H,26,29)(H,32,33)/t20?,21-/m0/s1.